The Hall–Kier alpha value is -4.81. The number of ether oxygens (including phenoxy) is 3. The van der Waals surface area contributed by atoms with Crippen molar-refractivity contribution in [1.29, 1.82) is 0 Å². The second-order valence-electron chi connectivity index (χ2n) is 17.1. The molecule has 3 aliphatic heterocycles. The molecule has 0 radical (unpaired) electrons. The molecule has 5 heterocycles. The Kier molecular flexibility index (Phi) is 12.3. The van der Waals surface area contributed by atoms with Crippen molar-refractivity contribution in [2.45, 2.75) is 113 Å². The number of rotatable bonds is 9. The Morgan fingerprint density at radius 2 is 1.85 bits per heavy atom. The molecule has 0 spiro atoms. The molecule has 18 heteroatoms. The number of pyridine rings is 1. The lowest BCUT2D eigenvalue weighted by atomic mass is 10.0. The molecule has 61 heavy (non-hydrogen) atoms. The summed E-state index contributed by atoms with van der Waals surface area (Å²) in [6.45, 7) is 7.64. The van der Waals surface area contributed by atoms with Gasteiger partial charge in [0.1, 0.15) is 45.9 Å². The van der Waals surface area contributed by atoms with Gasteiger partial charge in [0, 0.05) is 47.8 Å². The van der Waals surface area contributed by atoms with Crippen LogP contribution >= 0.6 is 11.3 Å². The number of carbonyl (C=O) groups is 4. The number of nitrogens with zero attached hydrogens (tertiary/aromatic N) is 4. The number of methoxy groups -OCH3 is 1. The van der Waals surface area contributed by atoms with Gasteiger partial charge in [0.15, 0.2) is 0 Å². The summed E-state index contributed by atoms with van der Waals surface area (Å²) in [5, 5.41) is 8.72. The molecule has 1 aromatic carbocycles. The standard InChI is InChI=1S/C43H55N7O9S2/c1-25(2)33-24-60-39(45-33)32-21-36(30-14-15-35(57-4)26(3)37(30)44-32)59-28-20-34-38(51)47-43(41(53)48-61(55,56)29-12-13-29)22-27(43)10-8-6-5-7-9-11-31(40(52)50(34)23-28)46-42(54)49-16-18-58-19-17-49/h8,10,14-15,21,24-25,27-29,31,34H,5-7,9,11-13,16-20,22-23H2,1-4H3,(H,46,54)(H,47,51)(H,48,53)/b10-8-/t27?,28-,31+,34+,43-/m1/s1. The molecule has 5 atom stereocenters. The fourth-order valence-corrected chi connectivity index (χ4v) is 10.8. The molecular weight excluding hydrogens is 823 g/mol. The van der Waals surface area contributed by atoms with Crippen molar-refractivity contribution < 1.29 is 41.8 Å². The van der Waals surface area contributed by atoms with E-state index in [0.29, 0.717) is 91.5 Å². The van der Waals surface area contributed by atoms with Gasteiger partial charge < -0.3 is 34.6 Å². The summed E-state index contributed by atoms with van der Waals surface area (Å²) < 4.78 is 46.1. The van der Waals surface area contributed by atoms with Gasteiger partial charge in [0.25, 0.3) is 5.91 Å². The number of thiazole rings is 1. The van der Waals surface area contributed by atoms with Crippen molar-refractivity contribution in [3.63, 3.8) is 0 Å². The largest absolute Gasteiger partial charge is 0.496 e. The van der Waals surface area contributed by atoms with Gasteiger partial charge >= 0.3 is 6.03 Å². The zero-order chi connectivity index (χ0) is 43.1. The van der Waals surface area contributed by atoms with Gasteiger partial charge in [0.2, 0.25) is 21.8 Å². The third kappa shape index (κ3) is 9.07. The Balaban J connectivity index is 1.14. The fourth-order valence-electron chi connectivity index (χ4n) is 8.51. The number of benzene rings is 1. The second-order valence-corrected chi connectivity index (χ2v) is 19.9. The summed E-state index contributed by atoms with van der Waals surface area (Å²) in [7, 11) is -2.31. The van der Waals surface area contributed by atoms with Crippen molar-refractivity contribution in [3.05, 3.63) is 47.0 Å². The van der Waals surface area contributed by atoms with Crippen molar-refractivity contribution in [3.8, 4) is 22.2 Å². The first-order chi connectivity index (χ1) is 29.3. The zero-order valence-electron chi connectivity index (χ0n) is 35.1. The van der Waals surface area contributed by atoms with Crippen LogP contribution in [0.2, 0.25) is 0 Å². The van der Waals surface area contributed by atoms with E-state index >= 15 is 0 Å². The molecule has 4 fully saturated rings. The monoisotopic (exact) mass is 877 g/mol. The molecule has 328 valence electrons. The van der Waals surface area contributed by atoms with E-state index in [9.17, 15) is 27.6 Å². The molecule has 2 aliphatic carbocycles. The van der Waals surface area contributed by atoms with E-state index in [2.05, 4.69) is 29.2 Å². The first kappa shape index (κ1) is 42.9. The number of morpholine rings is 1. The predicted molar refractivity (Wildman–Crippen MR) is 229 cm³/mol. The predicted octanol–water partition coefficient (Wildman–Crippen LogP) is 4.56. The number of allylic oxidation sites excluding steroid dienone is 1. The summed E-state index contributed by atoms with van der Waals surface area (Å²) in [6, 6.07) is 3.12. The van der Waals surface area contributed by atoms with Gasteiger partial charge in [-0.2, -0.15) is 0 Å². The number of fused-ring (bicyclic) bond motifs is 3. The topological polar surface area (TPSA) is 198 Å². The number of carbonyl (C=O) groups excluding carboxylic acids is 4. The summed E-state index contributed by atoms with van der Waals surface area (Å²) in [5.74, 6) is -0.902. The number of aromatic nitrogens is 2. The first-order valence-corrected chi connectivity index (χ1v) is 23.8. The highest BCUT2D eigenvalue weighted by molar-refractivity contribution is 7.91. The van der Waals surface area contributed by atoms with Crippen molar-refractivity contribution in [2.24, 2.45) is 5.92 Å². The van der Waals surface area contributed by atoms with Crippen LogP contribution in [-0.2, 0) is 29.1 Å². The Morgan fingerprint density at radius 3 is 2.57 bits per heavy atom. The molecular formula is C43H55N7O9S2. The molecule has 16 nitrogen and oxygen atoms in total. The minimum Gasteiger partial charge on any atom is -0.496 e. The first-order valence-electron chi connectivity index (χ1n) is 21.4. The maximum atomic E-state index is 14.9. The van der Waals surface area contributed by atoms with Crippen LogP contribution in [0.5, 0.6) is 11.5 Å². The zero-order valence-corrected chi connectivity index (χ0v) is 36.7. The molecule has 0 bridgehead atoms. The maximum absolute atomic E-state index is 14.9. The molecule has 8 rings (SSSR count). The van der Waals surface area contributed by atoms with E-state index in [1.54, 1.807) is 12.0 Å². The minimum atomic E-state index is -3.91. The van der Waals surface area contributed by atoms with E-state index in [4.69, 9.17) is 24.2 Å². The van der Waals surface area contributed by atoms with E-state index in [-0.39, 0.29) is 31.3 Å². The quantitative estimate of drug-likeness (QED) is 0.255. The molecule has 3 N–H and O–H groups in total. The van der Waals surface area contributed by atoms with Gasteiger partial charge in [-0.3, -0.25) is 19.1 Å². The number of urea groups is 1. The highest BCUT2D eigenvalue weighted by atomic mass is 32.2. The number of hydrogen-bond donors (Lipinski definition) is 3. The number of hydrogen-bond acceptors (Lipinski definition) is 12. The molecule has 1 unspecified atom stereocenters. The molecule has 5 amide bonds. The summed E-state index contributed by atoms with van der Waals surface area (Å²) in [6.07, 6.45) is 7.66. The highest BCUT2D eigenvalue weighted by Gasteiger charge is 2.62. The minimum absolute atomic E-state index is 0.00245. The van der Waals surface area contributed by atoms with Crippen LogP contribution in [0.15, 0.2) is 35.7 Å². The van der Waals surface area contributed by atoms with Crippen LogP contribution < -0.4 is 24.8 Å². The van der Waals surface area contributed by atoms with Crippen molar-refractivity contribution in [1.82, 2.24) is 35.1 Å². The number of nitrogens with one attached hydrogen (secondary N) is 3. The summed E-state index contributed by atoms with van der Waals surface area (Å²) in [4.78, 5) is 70.0. The number of sulfonamides is 1. The molecule has 2 saturated carbocycles. The van der Waals surface area contributed by atoms with Crippen LogP contribution in [0.3, 0.4) is 0 Å². The van der Waals surface area contributed by atoms with Gasteiger partial charge in [-0.1, -0.05) is 38.8 Å². The summed E-state index contributed by atoms with van der Waals surface area (Å²) in [5.41, 5.74) is 1.49. The lowest BCUT2D eigenvalue weighted by molar-refractivity contribution is -0.141. The molecule has 5 aliphatic rings. The maximum Gasteiger partial charge on any atom is 0.318 e. The number of amides is 5. The Bertz CT molecular complexity index is 2320. The number of aryl methyl sites for hydroxylation is 1. The average molecular weight is 878 g/mol. The van der Waals surface area contributed by atoms with Crippen LogP contribution in [0.1, 0.15) is 88.8 Å². The van der Waals surface area contributed by atoms with E-state index < -0.39 is 62.6 Å². The van der Waals surface area contributed by atoms with Crippen LogP contribution in [-0.4, -0.2) is 121 Å². The Labute approximate surface area is 360 Å². The third-order valence-electron chi connectivity index (χ3n) is 12.4. The fraction of sp³-hybridized carbons (Fsp3) is 0.581. The smallest absolute Gasteiger partial charge is 0.318 e. The lowest BCUT2D eigenvalue weighted by Gasteiger charge is -2.32. The van der Waals surface area contributed by atoms with E-state index in [1.165, 1.54) is 16.2 Å². The van der Waals surface area contributed by atoms with Crippen LogP contribution in [0, 0.1) is 12.8 Å². The van der Waals surface area contributed by atoms with E-state index in [1.807, 2.05) is 42.7 Å². The molecule has 3 aromatic rings. The van der Waals surface area contributed by atoms with Gasteiger partial charge in [-0.05, 0) is 63.5 Å². The van der Waals surface area contributed by atoms with Gasteiger partial charge in [-0.15, -0.1) is 11.3 Å². The Morgan fingerprint density at radius 1 is 1.07 bits per heavy atom. The molecule has 2 aromatic heterocycles. The van der Waals surface area contributed by atoms with Gasteiger partial charge in [-0.25, -0.2) is 23.2 Å². The summed E-state index contributed by atoms with van der Waals surface area (Å²) >= 11 is 1.48. The normalized spacial score (nSPS) is 26.7. The second kappa shape index (κ2) is 17.5. The average Bonchev–Trinajstić information content (AvgIpc) is 4.12. The third-order valence-corrected chi connectivity index (χ3v) is 15.1. The molecule has 2 saturated heterocycles. The van der Waals surface area contributed by atoms with Crippen molar-refractivity contribution >= 4 is 56.0 Å². The van der Waals surface area contributed by atoms with E-state index in [0.717, 1.165) is 24.1 Å². The highest BCUT2D eigenvalue weighted by Crippen LogP contribution is 2.46. The van der Waals surface area contributed by atoms with Gasteiger partial charge in [0.05, 0.1) is 43.3 Å². The SMILES string of the molecule is COc1ccc2c(O[C@@H]3C[C@H]4C(=O)N[C@]5(C(=O)NS(=O)(=O)C6CC6)CC5/C=C\CCCCC[C@H](NC(=O)N5CCOCC5)C(=O)N4C3)cc(-c3nc(C(C)C)cs3)nc2c1C. The van der Waals surface area contributed by atoms with Crippen LogP contribution in [0.25, 0.3) is 21.6 Å². The van der Waals surface area contributed by atoms with Crippen LogP contribution in [0.4, 0.5) is 4.79 Å². The lowest BCUT2D eigenvalue weighted by Crippen LogP contribution is -2.59. The van der Waals surface area contributed by atoms with Crippen molar-refractivity contribution in [2.75, 3.05) is 40.0 Å².